The van der Waals surface area contributed by atoms with E-state index in [1.54, 1.807) is 0 Å². The zero-order valence-electron chi connectivity index (χ0n) is 13.2. The lowest BCUT2D eigenvalue weighted by Crippen LogP contribution is -2.33. The number of nitrogens with one attached hydrogen (secondary N) is 1. The van der Waals surface area contributed by atoms with Gasteiger partial charge in [0.05, 0.1) is 18.8 Å². The third-order valence-corrected chi connectivity index (χ3v) is 3.11. The number of hydrogen-bond donors (Lipinski definition) is 1. The molecule has 0 aliphatic carbocycles. The number of carbonyl (C=O) groups is 1. The Morgan fingerprint density at radius 2 is 1.86 bits per heavy atom. The minimum Gasteiger partial charge on any atom is -0.489 e. The highest BCUT2D eigenvalue weighted by atomic mass is 16.5. The number of ether oxygens (including phenoxy) is 2. The van der Waals surface area contributed by atoms with E-state index in [9.17, 15) is 4.79 Å². The van der Waals surface area contributed by atoms with E-state index in [0.717, 1.165) is 13.1 Å². The van der Waals surface area contributed by atoms with Gasteiger partial charge in [0.25, 0.3) is 0 Å². The molecule has 1 amide bonds. The first-order chi connectivity index (χ1) is 10.2. The molecule has 0 unspecified atom stereocenters. The number of anilines is 1. The van der Waals surface area contributed by atoms with Gasteiger partial charge < -0.3 is 14.8 Å². The second-order valence-electron chi connectivity index (χ2n) is 4.55. The standard InChI is InChI=1S/C16H26N2O3/c1-4-18(5-2)13-16(19)17-14-9-7-8-10-15(14)21-12-11-20-6-3/h7-10H,4-6,11-13H2,1-3H3,(H,17,19). The summed E-state index contributed by atoms with van der Waals surface area (Å²) in [5.41, 5.74) is 0.700. The summed E-state index contributed by atoms with van der Waals surface area (Å²) in [5.74, 6) is 0.643. The minimum absolute atomic E-state index is 0.0282. The summed E-state index contributed by atoms with van der Waals surface area (Å²) in [6.45, 7) is 9.82. The topological polar surface area (TPSA) is 50.8 Å². The van der Waals surface area contributed by atoms with Crippen molar-refractivity contribution >= 4 is 11.6 Å². The fraction of sp³-hybridized carbons (Fsp3) is 0.562. The monoisotopic (exact) mass is 294 g/mol. The molecule has 118 valence electrons. The van der Waals surface area contributed by atoms with Crippen LogP contribution in [0.4, 0.5) is 5.69 Å². The molecule has 0 fully saturated rings. The fourth-order valence-corrected chi connectivity index (χ4v) is 1.89. The van der Waals surface area contributed by atoms with Crippen LogP contribution in [0.3, 0.4) is 0 Å². The van der Waals surface area contributed by atoms with Gasteiger partial charge in [-0.05, 0) is 32.1 Å². The molecule has 0 saturated heterocycles. The third-order valence-electron chi connectivity index (χ3n) is 3.11. The van der Waals surface area contributed by atoms with E-state index in [2.05, 4.69) is 10.2 Å². The van der Waals surface area contributed by atoms with E-state index in [-0.39, 0.29) is 5.91 Å². The van der Waals surface area contributed by atoms with Crippen LogP contribution in [0.15, 0.2) is 24.3 Å². The van der Waals surface area contributed by atoms with Crippen LogP contribution in [0.5, 0.6) is 5.75 Å². The molecular formula is C16H26N2O3. The van der Waals surface area contributed by atoms with E-state index in [4.69, 9.17) is 9.47 Å². The van der Waals surface area contributed by atoms with Gasteiger partial charge in [-0.2, -0.15) is 0 Å². The maximum Gasteiger partial charge on any atom is 0.238 e. The van der Waals surface area contributed by atoms with Gasteiger partial charge in [0.2, 0.25) is 5.91 Å². The maximum atomic E-state index is 12.0. The van der Waals surface area contributed by atoms with Gasteiger partial charge in [0.1, 0.15) is 12.4 Å². The summed E-state index contributed by atoms with van der Waals surface area (Å²) in [5, 5.41) is 2.90. The summed E-state index contributed by atoms with van der Waals surface area (Å²) in [6.07, 6.45) is 0. The van der Waals surface area contributed by atoms with Crippen LogP contribution in [-0.2, 0) is 9.53 Å². The van der Waals surface area contributed by atoms with Crippen molar-refractivity contribution in [2.24, 2.45) is 0 Å². The fourth-order valence-electron chi connectivity index (χ4n) is 1.89. The van der Waals surface area contributed by atoms with Gasteiger partial charge in [0, 0.05) is 6.61 Å². The molecule has 5 nitrogen and oxygen atoms in total. The quantitative estimate of drug-likeness (QED) is 0.673. The maximum absolute atomic E-state index is 12.0. The van der Waals surface area contributed by atoms with Crippen LogP contribution in [0.2, 0.25) is 0 Å². The Balaban J connectivity index is 2.55. The number of amides is 1. The largest absolute Gasteiger partial charge is 0.489 e. The van der Waals surface area contributed by atoms with Gasteiger partial charge >= 0.3 is 0 Å². The summed E-state index contributed by atoms with van der Waals surface area (Å²) >= 11 is 0. The van der Waals surface area contributed by atoms with E-state index in [0.29, 0.717) is 37.8 Å². The Bertz CT molecular complexity index is 420. The predicted octanol–water partition coefficient (Wildman–Crippen LogP) is 2.38. The van der Waals surface area contributed by atoms with Gasteiger partial charge in [-0.25, -0.2) is 0 Å². The molecule has 1 rings (SSSR count). The van der Waals surface area contributed by atoms with E-state index < -0.39 is 0 Å². The van der Waals surface area contributed by atoms with Crippen molar-refractivity contribution in [3.63, 3.8) is 0 Å². The number of rotatable bonds is 10. The van der Waals surface area contributed by atoms with E-state index in [1.165, 1.54) is 0 Å². The van der Waals surface area contributed by atoms with Crippen LogP contribution < -0.4 is 10.1 Å². The van der Waals surface area contributed by atoms with E-state index >= 15 is 0 Å². The lowest BCUT2D eigenvalue weighted by molar-refractivity contribution is -0.117. The highest BCUT2D eigenvalue weighted by molar-refractivity contribution is 5.93. The Hall–Kier alpha value is -1.59. The van der Waals surface area contributed by atoms with Crippen molar-refractivity contribution in [1.82, 2.24) is 4.90 Å². The highest BCUT2D eigenvalue weighted by Crippen LogP contribution is 2.23. The summed E-state index contributed by atoms with van der Waals surface area (Å²) in [4.78, 5) is 14.1. The first kappa shape index (κ1) is 17.5. The number of likely N-dealkylation sites (N-methyl/N-ethyl adjacent to an activating group) is 1. The van der Waals surface area contributed by atoms with Crippen LogP contribution in [0, 0.1) is 0 Å². The summed E-state index contributed by atoms with van der Waals surface area (Å²) in [7, 11) is 0. The molecule has 5 heteroatoms. The molecule has 0 bridgehead atoms. The van der Waals surface area contributed by atoms with Crippen molar-refractivity contribution < 1.29 is 14.3 Å². The molecule has 0 heterocycles. The SMILES string of the molecule is CCOCCOc1ccccc1NC(=O)CN(CC)CC. The van der Waals surface area contributed by atoms with Crippen molar-refractivity contribution in [2.45, 2.75) is 20.8 Å². The van der Waals surface area contributed by atoms with Crippen molar-refractivity contribution in [3.8, 4) is 5.75 Å². The van der Waals surface area contributed by atoms with Gasteiger partial charge in [-0.15, -0.1) is 0 Å². The Morgan fingerprint density at radius 3 is 2.52 bits per heavy atom. The van der Waals surface area contributed by atoms with Gasteiger partial charge in [-0.1, -0.05) is 26.0 Å². The smallest absolute Gasteiger partial charge is 0.238 e. The molecule has 0 aromatic heterocycles. The molecule has 21 heavy (non-hydrogen) atoms. The highest BCUT2D eigenvalue weighted by Gasteiger charge is 2.10. The van der Waals surface area contributed by atoms with Crippen molar-refractivity contribution in [2.75, 3.05) is 44.8 Å². The number of hydrogen-bond acceptors (Lipinski definition) is 4. The zero-order chi connectivity index (χ0) is 15.5. The van der Waals surface area contributed by atoms with Crippen LogP contribution in [0.1, 0.15) is 20.8 Å². The van der Waals surface area contributed by atoms with Gasteiger partial charge in [0.15, 0.2) is 0 Å². The zero-order valence-corrected chi connectivity index (χ0v) is 13.2. The Morgan fingerprint density at radius 1 is 1.14 bits per heavy atom. The number of para-hydroxylation sites is 2. The predicted molar refractivity (Wildman–Crippen MR) is 84.8 cm³/mol. The molecule has 0 aliphatic rings. The summed E-state index contributed by atoms with van der Waals surface area (Å²) < 4.78 is 10.9. The first-order valence-corrected chi connectivity index (χ1v) is 7.53. The second kappa shape index (κ2) is 10.2. The number of benzene rings is 1. The first-order valence-electron chi connectivity index (χ1n) is 7.53. The average Bonchev–Trinajstić information content (AvgIpc) is 2.50. The van der Waals surface area contributed by atoms with E-state index in [1.807, 2.05) is 45.0 Å². The molecule has 0 aliphatic heterocycles. The van der Waals surface area contributed by atoms with Gasteiger partial charge in [-0.3, -0.25) is 9.69 Å². The van der Waals surface area contributed by atoms with Crippen LogP contribution in [-0.4, -0.2) is 50.3 Å². The molecule has 0 spiro atoms. The average molecular weight is 294 g/mol. The molecule has 1 aromatic rings. The Labute approximate surface area is 127 Å². The molecule has 0 atom stereocenters. The van der Waals surface area contributed by atoms with Crippen LogP contribution in [0.25, 0.3) is 0 Å². The van der Waals surface area contributed by atoms with Crippen LogP contribution >= 0.6 is 0 Å². The molecule has 0 saturated carbocycles. The second-order valence-corrected chi connectivity index (χ2v) is 4.55. The third kappa shape index (κ3) is 6.60. The Kier molecular flexibility index (Phi) is 8.47. The molecule has 1 aromatic carbocycles. The minimum atomic E-state index is -0.0282. The molecule has 0 radical (unpaired) electrons. The lowest BCUT2D eigenvalue weighted by atomic mass is 10.3. The molecule has 1 N–H and O–H groups in total. The van der Waals surface area contributed by atoms with Crippen molar-refractivity contribution in [3.05, 3.63) is 24.3 Å². The number of carbonyl (C=O) groups excluding carboxylic acids is 1. The summed E-state index contributed by atoms with van der Waals surface area (Å²) in [6, 6.07) is 7.45. The lowest BCUT2D eigenvalue weighted by Gasteiger charge is -2.18. The molecular weight excluding hydrogens is 268 g/mol. The van der Waals surface area contributed by atoms with Crippen molar-refractivity contribution in [1.29, 1.82) is 0 Å². The number of nitrogens with zero attached hydrogens (tertiary/aromatic N) is 1. The normalized spacial score (nSPS) is 10.7.